The maximum atomic E-state index is 12.8. The molecule has 1 heterocycles. The summed E-state index contributed by atoms with van der Waals surface area (Å²) >= 11 is 0. The van der Waals surface area contributed by atoms with Crippen molar-refractivity contribution in [3.63, 3.8) is 0 Å². The first-order chi connectivity index (χ1) is 9.47. The highest BCUT2D eigenvalue weighted by molar-refractivity contribution is 5.77. The molecule has 116 valence electrons. The molecular formula is C17H32N2O. The standard InChI is InChI=1S/C17H32N2O/c1-13-9-14(2)15(3)19(11-13)16(20)10-17(12-18)7-5-4-6-8-17/h13-15H,4-12,18H2,1-3H3. The van der Waals surface area contributed by atoms with Crippen LogP contribution in [0.3, 0.4) is 0 Å². The Bertz CT molecular complexity index is 336. The topological polar surface area (TPSA) is 46.3 Å². The number of nitrogens with two attached hydrogens (primary N) is 1. The van der Waals surface area contributed by atoms with Gasteiger partial charge in [0.1, 0.15) is 0 Å². The van der Waals surface area contributed by atoms with Gasteiger partial charge in [0.2, 0.25) is 5.91 Å². The van der Waals surface area contributed by atoms with E-state index in [1.54, 1.807) is 0 Å². The third-order valence-corrected chi connectivity index (χ3v) is 5.79. The monoisotopic (exact) mass is 280 g/mol. The molecule has 3 heteroatoms. The maximum absolute atomic E-state index is 12.8. The minimum Gasteiger partial charge on any atom is -0.339 e. The lowest BCUT2D eigenvalue weighted by Crippen LogP contribution is -2.50. The molecule has 2 fully saturated rings. The first-order valence-electron chi connectivity index (χ1n) is 8.47. The normalized spacial score (nSPS) is 34.0. The molecule has 1 saturated carbocycles. The lowest BCUT2D eigenvalue weighted by atomic mass is 9.71. The van der Waals surface area contributed by atoms with Crippen molar-refractivity contribution >= 4 is 5.91 Å². The van der Waals surface area contributed by atoms with Crippen LogP contribution in [0.15, 0.2) is 0 Å². The van der Waals surface area contributed by atoms with Gasteiger partial charge in [-0.3, -0.25) is 4.79 Å². The molecule has 0 radical (unpaired) electrons. The van der Waals surface area contributed by atoms with E-state index in [1.165, 1.54) is 25.7 Å². The Morgan fingerprint density at radius 1 is 1.20 bits per heavy atom. The summed E-state index contributed by atoms with van der Waals surface area (Å²) in [7, 11) is 0. The van der Waals surface area contributed by atoms with Crippen LogP contribution in [-0.4, -0.2) is 29.9 Å². The molecule has 1 saturated heterocycles. The fourth-order valence-corrected chi connectivity index (χ4v) is 4.22. The first kappa shape index (κ1) is 15.8. The van der Waals surface area contributed by atoms with Crippen LogP contribution >= 0.6 is 0 Å². The highest BCUT2D eigenvalue weighted by Crippen LogP contribution is 2.39. The Morgan fingerprint density at radius 3 is 2.45 bits per heavy atom. The Kier molecular flexibility index (Phi) is 5.11. The minimum absolute atomic E-state index is 0.0962. The molecule has 1 aliphatic carbocycles. The smallest absolute Gasteiger partial charge is 0.223 e. The van der Waals surface area contributed by atoms with Crippen molar-refractivity contribution in [1.82, 2.24) is 4.90 Å². The first-order valence-corrected chi connectivity index (χ1v) is 8.47. The quantitative estimate of drug-likeness (QED) is 0.863. The predicted octanol–water partition coefficient (Wildman–Crippen LogP) is 3.18. The van der Waals surface area contributed by atoms with E-state index in [-0.39, 0.29) is 5.41 Å². The second-order valence-electron chi connectivity index (χ2n) is 7.55. The molecule has 3 nitrogen and oxygen atoms in total. The van der Waals surface area contributed by atoms with Crippen molar-refractivity contribution in [2.75, 3.05) is 13.1 Å². The highest BCUT2D eigenvalue weighted by atomic mass is 16.2. The Balaban J connectivity index is 2.02. The van der Waals surface area contributed by atoms with Crippen LogP contribution in [-0.2, 0) is 4.79 Å². The van der Waals surface area contributed by atoms with E-state index < -0.39 is 0 Å². The van der Waals surface area contributed by atoms with Gasteiger partial charge in [-0.25, -0.2) is 0 Å². The van der Waals surface area contributed by atoms with Gasteiger partial charge in [-0.15, -0.1) is 0 Å². The van der Waals surface area contributed by atoms with Gasteiger partial charge in [0, 0.05) is 19.0 Å². The minimum atomic E-state index is 0.0962. The van der Waals surface area contributed by atoms with Gasteiger partial charge in [0.25, 0.3) is 0 Å². The fraction of sp³-hybridized carbons (Fsp3) is 0.941. The molecule has 0 bridgehead atoms. The van der Waals surface area contributed by atoms with E-state index in [0.29, 0.717) is 36.8 Å². The van der Waals surface area contributed by atoms with E-state index in [0.717, 1.165) is 19.4 Å². The molecule has 2 aliphatic rings. The summed E-state index contributed by atoms with van der Waals surface area (Å²) in [5, 5.41) is 0. The number of carbonyl (C=O) groups excluding carboxylic acids is 1. The maximum Gasteiger partial charge on any atom is 0.223 e. The average molecular weight is 280 g/mol. The molecule has 3 atom stereocenters. The van der Waals surface area contributed by atoms with Crippen LogP contribution in [0.5, 0.6) is 0 Å². The molecule has 1 amide bonds. The second-order valence-corrected chi connectivity index (χ2v) is 7.55. The molecule has 0 aromatic carbocycles. The van der Waals surface area contributed by atoms with Gasteiger partial charge in [0.15, 0.2) is 0 Å². The Hall–Kier alpha value is -0.570. The van der Waals surface area contributed by atoms with Gasteiger partial charge in [-0.05, 0) is 50.0 Å². The zero-order valence-corrected chi connectivity index (χ0v) is 13.5. The summed E-state index contributed by atoms with van der Waals surface area (Å²) in [5.41, 5.74) is 6.13. The van der Waals surface area contributed by atoms with Crippen molar-refractivity contribution in [1.29, 1.82) is 0 Å². The molecule has 0 aromatic rings. The fourth-order valence-electron chi connectivity index (χ4n) is 4.22. The van der Waals surface area contributed by atoms with E-state index >= 15 is 0 Å². The molecule has 0 aromatic heterocycles. The van der Waals surface area contributed by atoms with Crippen molar-refractivity contribution in [2.45, 2.75) is 71.8 Å². The van der Waals surface area contributed by atoms with Crippen LogP contribution in [0.25, 0.3) is 0 Å². The second kappa shape index (κ2) is 6.46. The molecule has 3 unspecified atom stereocenters. The summed E-state index contributed by atoms with van der Waals surface area (Å²) in [5.74, 6) is 1.59. The number of nitrogens with zero attached hydrogens (tertiary/aromatic N) is 1. The Morgan fingerprint density at radius 2 is 1.85 bits per heavy atom. The lowest BCUT2D eigenvalue weighted by Gasteiger charge is -2.44. The number of likely N-dealkylation sites (tertiary alicyclic amines) is 1. The van der Waals surface area contributed by atoms with Gasteiger partial charge in [-0.1, -0.05) is 33.1 Å². The molecule has 1 aliphatic heterocycles. The van der Waals surface area contributed by atoms with E-state index in [1.807, 2.05) is 0 Å². The van der Waals surface area contributed by atoms with Crippen molar-refractivity contribution in [3.05, 3.63) is 0 Å². The van der Waals surface area contributed by atoms with Gasteiger partial charge in [-0.2, -0.15) is 0 Å². The van der Waals surface area contributed by atoms with Gasteiger partial charge >= 0.3 is 0 Å². The van der Waals surface area contributed by atoms with Crippen LogP contribution in [0.2, 0.25) is 0 Å². The Labute approximate surface area is 124 Å². The summed E-state index contributed by atoms with van der Waals surface area (Å²) in [4.78, 5) is 14.9. The number of piperidine rings is 1. The highest BCUT2D eigenvalue weighted by Gasteiger charge is 2.38. The third kappa shape index (κ3) is 3.36. The van der Waals surface area contributed by atoms with E-state index in [4.69, 9.17) is 5.73 Å². The number of hydrogen-bond acceptors (Lipinski definition) is 2. The zero-order chi connectivity index (χ0) is 14.8. The summed E-state index contributed by atoms with van der Waals surface area (Å²) in [6, 6.07) is 0.386. The van der Waals surface area contributed by atoms with E-state index in [9.17, 15) is 4.79 Å². The summed E-state index contributed by atoms with van der Waals surface area (Å²) in [6.07, 6.45) is 8.00. The molecule has 2 N–H and O–H groups in total. The summed E-state index contributed by atoms with van der Waals surface area (Å²) in [6.45, 7) is 8.36. The zero-order valence-electron chi connectivity index (χ0n) is 13.5. The molecule has 20 heavy (non-hydrogen) atoms. The predicted molar refractivity (Wildman–Crippen MR) is 83.3 cm³/mol. The lowest BCUT2D eigenvalue weighted by molar-refractivity contribution is -0.140. The van der Waals surface area contributed by atoms with Gasteiger partial charge < -0.3 is 10.6 Å². The van der Waals surface area contributed by atoms with Gasteiger partial charge in [0.05, 0.1) is 0 Å². The van der Waals surface area contributed by atoms with Crippen molar-refractivity contribution in [2.24, 2.45) is 23.0 Å². The van der Waals surface area contributed by atoms with Crippen LogP contribution in [0.4, 0.5) is 0 Å². The number of hydrogen-bond donors (Lipinski definition) is 1. The molecule has 2 rings (SSSR count). The third-order valence-electron chi connectivity index (χ3n) is 5.79. The summed E-state index contributed by atoms with van der Waals surface area (Å²) < 4.78 is 0. The van der Waals surface area contributed by atoms with Crippen molar-refractivity contribution in [3.8, 4) is 0 Å². The molecule has 0 spiro atoms. The van der Waals surface area contributed by atoms with Crippen LogP contribution in [0, 0.1) is 17.3 Å². The largest absolute Gasteiger partial charge is 0.339 e. The van der Waals surface area contributed by atoms with Crippen molar-refractivity contribution < 1.29 is 4.79 Å². The number of carbonyl (C=O) groups is 1. The number of amides is 1. The molecular weight excluding hydrogens is 248 g/mol. The average Bonchev–Trinajstić information content (AvgIpc) is 2.43. The van der Waals surface area contributed by atoms with E-state index in [2.05, 4.69) is 25.7 Å². The van der Waals surface area contributed by atoms with Crippen LogP contribution < -0.4 is 5.73 Å². The van der Waals surface area contributed by atoms with Crippen LogP contribution in [0.1, 0.15) is 65.7 Å². The number of rotatable bonds is 3. The SMILES string of the molecule is CC1CC(C)C(C)N(C(=O)CC2(CN)CCCCC2)C1.